The molecule has 1 amide bonds. The van der Waals surface area contributed by atoms with Crippen molar-refractivity contribution in [1.29, 1.82) is 0 Å². The maximum atomic E-state index is 13.1. The summed E-state index contributed by atoms with van der Waals surface area (Å²) in [5.41, 5.74) is 1.69. The zero-order chi connectivity index (χ0) is 21.8. The van der Waals surface area contributed by atoms with Gasteiger partial charge in [-0.3, -0.25) is 4.79 Å². The van der Waals surface area contributed by atoms with Crippen molar-refractivity contribution in [2.45, 2.75) is 6.92 Å². The molecule has 0 atom stereocenters. The van der Waals surface area contributed by atoms with Crippen molar-refractivity contribution in [3.63, 3.8) is 0 Å². The van der Waals surface area contributed by atoms with Crippen LogP contribution in [0.4, 0.5) is 20.9 Å². The fraction of sp³-hybridized carbons (Fsp3) is 0.0435. The van der Waals surface area contributed by atoms with E-state index in [-0.39, 0.29) is 11.7 Å². The Morgan fingerprint density at radius 1 is 1.06 bits per heavy atom. The van der Waals surface area contributed by atoms with Crippen molar-refractivity contribution < 1.29 is 13.9 Å². The molecule has 4 aromatic rings. The first-order valence-electron chi connectivity index (χ1n) is 9.32. The Labute approximate surface area is 187 Å². The highest BCUT2D eigenvalue weighted by Crippen LogP contribution is 2.33. The van der Waals surface area contributed by atoms with Crippen LogP contribution in [0.1, 0.15) is 15.4 Å². The molecule has 0 saturated heterocycles. The Bertz CT molecular complexity index is 1210. The highest BCUT2D eigenvalue weighted by Gasteiger charge is 2.18. The summed E-state index contributed by atoms with van der Waals surface area (Å²) in [4.78, 5) is 17.8. The van der Waals surface area contributed by atoms with Gasteiger partial charge in [-0.15, -0.1) is 0 Å². The highest BCUT2D eigenvalue weighted by atomic mass is 35.5. The van der Waals surface area contributed by atoms with Gasteiger partial charge in [-0.1, -0.05) is 41.1 Å². The molecule has 0 aliphatic carbocycles. The van der Waals surface area contributed by atoms with Gasteiger partial charge >= 0.3 is 0 Å². The van der Waals surface area contributed by atoms with E-state index in [1.54, 1.807) is 37.3 Å². The number of ether oxygens (including phenoxy) is 1. The predicted octanol–water partition coefficient (Wildman–Crippen LogP) is 7.03. The molecule has 2 N–H and O–H groups in total. The Balaban J connectivity index is 1.54. The lowest BCUT2D eigenvalue weighted by molar-refractivity contribution is 0.102. The van der Waals surface area contributed by atoms with Crippen LogP contribution in [0.15, 0.2) is 72.8 Å². The van der Waals surface area contributed by atoms with Crippen LogP contribution in [-0.2, 0) is 0 Å². The van der Waals surface area contributed by atoms with Gasteiger partial charge in [0.2, 0.25) is 0 Å². The standard InChI is InChI=1S/C23H17ClFN3O2S/c1-14-21(31-23(26-14)27-17-10-8-16(25)9-11-17)22(29)28-19-13-15(24)7-12-20(19)30-18-5-3-2-4-6-18/h2-13H,1H3,(H,26,27)(H,28,29). The summed E-state index contributed by atoms with van der Waals surface area (Å²) in [6, 6.07) is 20.2. The van der Waals surface area contributed by atoms with Crippen molar-refractivity contribution in [1.82, 2.24) is 4.98 Å². The number of halogens is 2. The van der Waals surface area contributed by atoms with Crippen LogP contribution in [0.3, 0.4) is 0 Å². The minimum absolute atomic E-state index is 0.323. The van der Waals surface area contributed by atoms with E-state index in [2.05, 4.69) is 15.6 Å². The van der Waals surface area contributed by atoms with Gasteiger partial charge in [-0.05, 0) is 61.5 Å². The van der Waals surface area contributed by atoms with Crippen LogP contribution in [0.25, 0.3) is 0 Å². The fourth-order valence-corrected chi connectivity index (χ4v) is 3.85. The SMILES string of the molecule is Cc1nc(Nc2ccc(F)cc2)sc1C(=O)Nc1cc(Cl)ccc1Oc1ccccc1. The van der Waals surface area contributed by atoms with Crippen LogP contribution in [0.5, 0.6) is 11.5 Å². The van der Waals surface area contributed by atoms with E-state index in [0.29, 0.717) is 43.6 Å². The quantitative estimate of drug-likeness (QED) is 0.329. The summed E-state index contributed by atoms with van der Waals surface area (Å²) in [6.07, 6.45) is 0. The summed E-state index contributed by atoms with van der Waals surface area (Å²) >= 11 is 7.33. The molecule has 0 bridgehead atoms. The highest BCUT2D eigenvalue weighted by molar-refractivity contribution is 7.17. The number of nitrogens with zero attached hydrogens (tertiary/aromatic N) is 1. The van der Waals surface area contributed by atoms with Crippen molar-refractivity contribution >= 4 is 45.4 Å². The fourth-order valence-electron chi connectivity index (χ4n) is 2.80. The maximum absolute atomic E-state index is 13.1. The monoisotopic (exact) mass is 453 g/mol. The number of benzene rings is 3. The third-order valence-electron chi connectivity index (χ3n) is 4.26. The molecule has 5 nitrogen and oxygen atoms in total. The average molecular weight is 454 g/mol. The van der Waals surface area contributed by atoms with Crippen LogP contribution in [0.2, 0.25) is 5.02 Å². The van der Waals surface area contributed by atoms with Crippen LogP contribution < -0.4 is 15.4 Å². The molecule has 3 aromatic carbocycles. The normalized spacial score (nSPS) is 10.5. The number of rotatable bonds is 6. The number of hydrogen-bond acceptors (Lipinski definition) is 5. The summed E-state index contributed by atoms with van der Waals surface area (Å²) in [6.45, 7) is 1.75. The van der Waals surface area contributed by atoms with Crippen molar-refractivity contribution in [2.75, 3.05) is 10.6 Å². The first kappa shape index (κ1) is 20.8. The first-order chi connectivity index (χ1) is 15.0. The number of thiazole rings is 1. The van der Waals surface area contributed by atoms with E-state index in [9.17, 15) is 9.18 Å². The molecule has 8 heteroatoms. The number of amides is 1. The van der Waals surface area contributed by atoms with E-state index in [4.69, 9.17) is 16.3 Å². The third-order valence-corrected chi connectivity index (χ3v) is 5.57. The average Bonchev–Trinajstić information content (AvgIpc) is 3.12. The van der Waals surface area contributed by atoms with Gasteiger partial charge in [0.15, 0.2) is 10.9 Å². The van der Waals surface area contributed by atoms with Crippen LogP contribution >= 0.6 is 22.9 Å². The molecule has 0 fully saturated rings. The van der Waals surface area contributed by atoms with Gasteiger partial charge in [0.25, 0.3) is 5.91 Å². The number of nitrogens with one attached hydrogen (secondary N) is 2. The molecule has 31 heavy (non-hydrogen) atoms. The molecule has 0 radical (unpaired) electrons. The molecule has 0 unspecified atom stereocenters. The topological polar surface area (TPSA) is 63.2 Å². The largest absolute Gasteiger partial charge is 0.455 e. The van der Waals surface area contributed by atoms with Gasteiger partial charge in [0.05, 0.1) is 11.4 Å². The van der Waals surface area contributed by atoms with Crippen LogP contribution in [0, 0.1) is 12.7 Å². The van der Waals surface area contributed by atoms with Crippen molar-refractivity contribution in [3.05, 3.63) is 94.2 Å². The molecule has 1 aromatic heterocycles. The van der Waals surface area contributed by atoms with E-state index >= 15 is 0 Å². The lowest BCUT2D eigenvalue weighted by Gasteiger charge is -2.12. The Morgan fingerprint density at radius 2 is 1.81 bits per heavy atom. The van der Waals surface area contributed by atoms with Gasteiger partial charge in [-0.25, -0.2) is 9.37 Å². The second-order valence-corrected chi connectivity index (χ2v) is 8.01. The number of anilines is 3. The molecule has 4 rings (SSSR count). The lowest BCUT2D eigenvalue weighted by Crippen LogP contribution is -2.12. The summed E-state index contributed by atoms with van der Waals surface area (Å²) in [7, 11) is 0. The second-order valence-electron chi connectivity index (χ2n) is 6.58. The Hall–Kier alpha value is -3.42. The minimum atomic E-state index is -0.331. The zero-order valence-corrected chi connectivity index (χ0v) is 17.9. The smallest absolute Gasteiger partial charge is 0.267 e. The number of carbonyl (C=O) groups excluding carboxylic acids is 1. The van der Waals surface area contributed by atoms with Crippen molar-refractivity contribution in [3.8, 4) is 11.5 Å². The Morgan fingerprint density at radius 3 is 2.55 bits per heavy atom. The van der Waals surface area contributed by atoms with Gasteiger partial charge in [-0.2, -0.15) is 0 Å². The molecule has 0 spiro atoms. The van der Waals surface area contributed by atoms with Gasteiger partial charge in [0.1, 0.15) is 16.4 Å². The molecule has 0 aliphatic rings. The van der Waals surface area contributed by atoms with Crippen molar-refractivity contribution in [2.24, 2.45) is 0 Å². The first-order valence-corrected chi connectivity index (χ1v) is 10.5. The number of hydrogen-bond donors (Lipinski definition) is 2. The molecular formula is C23H17ClFN3O2S. The third kappa shape index (κ3) is 5.20. The summed E-state index contributed by atoms with van der Waals surface area (Å²) in [5, 5.41) is 6.93. The predicted molar refractivity (Wildman–Crippen MR) is 122 cm³/mol. The summed E-state index contributed by atoms with van der Waals surface area (Å²) in [5.74, 6) is 0.453. The number of aromatic nitrogens is 1. The molecule has 156 valence electrons. The second kappa shape index (κ2) is 9.16. The Kier molecular flexibility index (Phi) is 6.16. The summed E-state index contributed by atoms with van der Waals surface area (Å²) < 4.78 is 19.0. The zero-order valence-electron chi connectivity index (χ0n) is 16.4. The molecular weight excluding hydrogens is 437 g/mol. The molecule has 0 aliphatic heterocycles. The van der Waals surface area contributed by atoms with E-state index in [1.807, 2.05) is 30.3 Å². The van der Waals surface area contributed by atoms with Gasteiger partial charge < -0.3 is 15.4 Å². The number of aryl methyl sites for hydroxylation is 1. The maximum Gasteiger partial charge on any atom is 0.267 e. The molecule has 1 heterocycles. The van der Waals surface area contributed by atoms with Gasteiger partial charge in [0, 0.05) is 10.7 Å². The van der Waals surface area contributed by atoms with Crippen LogP contribution in [-0.4, -0.2) is 10.9 Å². The minimum Gasteiger partial charge on any atom is -0.455 e. The molecule has 0 saturated carbocycles. The van der Waals surface area contributed by atoms with E-state index in [0.717, 1.165) is 0 Å². The van der Waals surface area contributed by atoms with E-state index < -0.39 is 0 Å². The lowest BCUT2D eigenvalue weighted by atomic mass is 10.2. The number of carbonyl (C=O) groups is 1. The van der Waals surface area contributed by atoms with E-state index in [1.165, 1.54) is 23.5 Å². The number of para-hydroxylation sites is 1.